The first kappa shape index (κ1) is 18.4. The largest absolute Gasteiger partial charge is 0.551 e. The summed E-state index contributed by atoms with van der Waals surface area (Å²) in [5.74, 6) is 9.11. The highest BCUT2D eigenvalue weighted by molar-refractivity contribution is 6.48. The Balaban J connectivity index is 2.74. The van der Waals surface area contributed by atoms with Crippen LogP contribution in [0.5, 0.6) is 0 Å². The summed E-state index contributed by atoms with van der Waals surface area (Å²) < 4.78 is 5.66. The molecule has 0 radical (unpaired) electrons. The van der Waals surface area contributed by atoms with Crippen molar-refractivity contribution in [3.05, 3.63) is 11.8 Å². The second-order valence-corrected chi connectivity index (χ2v) is 9.31. The van der Waals surface area contributed by atoms with Crippen LogP contribution in [0.1, 0.15) is 65.7 Å². The number of rotatable bonds is 6. The van der Waals surface area contributed by atoms with Gasteiger partial charge in [-0.3, -0.25) is 0 Å². The minimum absolute atomic E-state index is 0.574. The zero-order valence-electron chi connectivity index (χ0n) is 14.7. The van der Waals surface area contributed by atoms with E-state index in [1.54, 1.807) is 0 Å². The van der Waals surface area contributed by atoms with Gasteiger partial charge in [0.15, 0.2) is 0 Å². The van der Waals surface area contributed by atoms with Crippen LogP contribution in [0.4, 0.5) is 0 Å². The molecule has 2 unspecified atom stereocenters. The van der Waals surface area contributed by atoms with E-state index in [0.717, 1.165) is 17.4 Å². The molecule has 0 spiro atoms. The summed E-state index contributed by atoms with van der Waals surface area (Å²) in [4.78, 5) is 0. The molecule has 0 saturated heterocycles. The highest BCUT2D eigenvalue weighted by Crippen LogP contribution is 2.35. The van der Waals surface area contributed by atoms with Gasteiger partial charge in [-0.05, 0) is 51.1 Å². The lowest BCUT2D eigenvalue weighted by molar-refractivity contribution is 0.229. The maximum absolute atomic E-state index is 5.66. The van der Waals surface area contributed by atoms with Gasteiger partial charge in [0.25, 0.3) is 0 Å². The molecule has 1 fully saturated rings. The van der Waals surface area contributed by atoms with E-state index in [4.69, 9.17) is 4.43 Å². The Morgan fingerprint density at radius 2 is 1.95 bits per heavy atom. The minimum atomic E-state index is -0.979. The van der Waals surface area contributed by atoms with Gasteiger partial charge in [-0.25, -0.2) is 0 Å². The normalized spacial score (nSPS) is 19.8. The van der Waals surface area contributed by atoms with Gasteiger partial charge in [0, 0.05) is 11.5 Å². The lowest BCUT2D eigenvalue weighted by Crippen LogP contribution is -2.23. The van der Waals surface area contributed by atoms with Crippen molar-refractivity contribution in [1.82, 2.24) is 0 Å². The zero-order chi connectivity index (χ0) is 15.7. The molecule has 2 heteroatoms. The van der Waals surface area contributed by atoms with Crippen LogP contribution in [0.2, 0.25) is 13.1 Å². The van der Waals surface area contributed by atoms with E-state index in [1.165, 1.54) is 44.9 Å². The van der Waals surface area contributed by atoms with Crippen LogP contribution in [0.15, 0.2) is 11.8 Å². The third-order valence-electron chi connectivity index (χ3n) is 4.47. The first-order chi connectivity index (χ1) is 10.0. The number of hydrogen-bond acceptors (Lipinski definition) is 1. The Hall–Kier alpha value is -0.683. The van der Waals surface area contributed by atoms with Gasteiger partial charge in [-0.15, -0.1) is 0 Å². The molecule has 0 amide bonds. The Kier molecular flexibility index (Phi) is 8.84. The van der Waals surface area contributed by atoms with Crippen LogP contribution in [0.25, 0.3) is 0 Å². The van der Waals surface area contributed by atoms with Crippen molar-refractivity contribution in [1.29, 1.82) is 0 Å². The maximum Gasteiger partial charge on any atom is 0.228 e. The fraction of sp³-hybridized carbons (Fsp3) is 0.789. The Morgan fingerprint density at radius 1 is 1.29 bits per heavy atom. The molecule has 0 N–H and O–H groups in total. The summed E-state index contributed by atoms with van der Waals surface area (Å²) in [5.41, 5.74) is 1.08. The first-order valence-corrected chi connectivity index (χ1v) is 11.7. The lowest BCUT2D eigenvalue weighted by Gasteiger charge is -2.31. The van der Waals surface area contributed by atoms with Gasteiger partial charge in [0.2, 0.25) is 9.04 Å². The molecular formula is C19H34OSi. The molecule has 1 aliphatic carbocycles. The van der Waals surface area contributed by atoms with E-state index in [2.05, 4.69) is 45.7 Å². The third kappa shape index (κ3) is 7.22. The highest BCUT2D eigenvalue weighted by Gasteiger charge is 2.26. The molecule has 0 aromatic heterocycles. The Labute approximate surface area is 134 Å². The predicted molar refractivity (Wildman–Crippen MR) is 95.6 cm³/mol. The van der Waals surface area contributed by atoms with Crippen LogP contribution in [0, 0.1) is 29.6 Å². The van der Waals surface area contributed by atoms with E-state index >= 15 is 0 Å². The van der Waals surface area contributed by atoms with E-state index < -0.39 is 9.04 Å². The van der Waals surface area contributed by atoms with E-state index in [-0.39, 0.29) is 0 Å². The number of hydrogen-bond donors (Lipinski definition) is 0. The fourth-order valence-electron chi connectivity index (χ4n) is 3.32. The van der Waals surface area contributed by atoms with Crippen molar-refractivity contribution >= 4 is 9.04 Å². The molecule has 1 aliphatic rings. The monoisotopic (exact) mass is 306 g/mol. The topological polar surface area (TPSA) is 9.23 Å². The van der Waals surface area contributed by atoms with Gasteiger partial charge in [-0.2, -0.15) is 0 Å². The van der Waals surface area contributed by atoms with Crippen LogP contribution < -0.4 is 0 Å². The molecule has 1 rings (SSSR count). The van der Waals surface area contributed by atoms with Gasteiger partial charge in [0.05, 0.1) is 6.26 Å². The second-order valence-electron chi connectivity index (χ2n) is 6.94. The maximum atomic E-state index is 5.66. The lowest BCUT2D eigenvalue weighted by atomic mass is 9.74. The predicted octanol–water partition coefficient (Wildman–Crippen LogP) is 5.53. The van der Waals surface area contributed by atoms with Crippen molar-refractivity contribution in [3.8, 4) is 11.8 Å². The van der Waals surface area contributed by atoms with Gasteiger partial charge in [0.1, 0.15) is 0 Å². The highest BCUT2D eigenvalue weighted by atomic mass is 28.3. The summed E-state index contributed by atoms with van der Waals surface area (Å²) >= 11 is 0. The summed E-state index contributed by atoms with van der Waals surface area (Å²) in [5, 5.41) is 0. The van der Waals surface area contributed by atoms with Gasteiger partial charge in [-0.1, -0.05) is 51.4 Å². The Bertz CT molecular complexity index is 369. The summed E-state index contributed by atoms with van der Waals surface area (Å²) in [7, 11) is -0.979. The quantitative estimate of drug-likeness (QED) is 0.356. The summed E-state index contributed by atoms with van der Waals surface area (Å²) in [6.45, 7) is 11.1. The first-order valence-electron chi connectivity index (χ1n) is 8.88. The van der Waals surface area contributed by atoms with Gasteiger partial charge < -0.3 is 4.43 Å². The molecule has 0 heterocycles. The summed E-state index contributed by atoms with van der Waals surface area (Å²) in [6.07, 6.45) is 11.4. The third-order valence-corrected chi connectivity index (χ3v) is 5.15. The molecule has 1 saturated carbocycles. The van der Waals surface area contributed by atoms with Crippen molar-refractivity contribution in [2.24, 2.45) is 17.8 Å². The van der Waals surface area contributed by atoms with Gasteiger partial charge >= 0.3 is 0 Å². The fourth-order valence-corrected chi connectivity index (χ4v) is 3.79. The van der Waals surface area contributed by atoms with Crippen molar-refractivity contribution < 1.29 is 4.43 Å². The molecule has 0 bridgehead atoms. The van der Waals surface area contributed by atoms with Crippen molar-refractivity contribution in [2.45, 2.75) is 78.8 Å². The average Bonchev–Trinajstić information content (AvgIpc) is 2.46. The molecule has 1 nitrogen and oxygen atoms in total. The minimum Gasteiger partial charge on any atom is -0.551 e. The number of allylic oxidation sites excluding steroid dienone is 1. The van der Waals surface area contributed by atoms with Crippen molar-refractivity contribution in [2.75, 3.05) is 0 Å². The van der Waals surface area contributed by atoms with E-state index in [9.17, 15) is 0 Å². The van der Waals surface area contributed by atoms with Crippen LogP contribution in [0.3, 0.4) is 0 Å². The summed E-state index contributed by atoms with van der Waals surface area (Å²) in [6, 6.07) is 0. The second kappa shape index (κ2) is 10.1. The smallest absolute Gasteiger partial charge is 0.228 e. The van der Waals surface area contributed by atoms with Crippen molar-refractivity contribution in [3.63, 3.8) is 0 Å². The average molecular weight is 307 g/mol. The molecule has 0 aliphatic heterocycles. The van der Waals surface area contributed by atoms with Crippen LogP contribution in [-0.4, -0.2) is 9.04 Å². The molecule has 120 valence electrons. The molecule has 0 aromatic rings. The molecule has 21 heavy (non-hydrogen) atoms. The van der Waals surface area contributed by atoms with E-state index in [0.29, 0.717) is 5.92 Å². The van der Waals surface area contributed by atoms with Crippen LogP contribution in [-0.2, 0) is 4.43 Å². The standard InChI is InChI=1S/C19H34OSi/c1-6-10-17(3)19(18-11-8-7-9-12-18)14-13-16(2)15-20-21(4)5/h15,17-19,21H,6-12H2,1-5H3. The zero-order valence-corrected chi connectivity index (χ0v) is 15.9. The molecule has 0 aromatic carbocycles. The van der Waals surface area contributed by atoms with Crippen LogP contribution >= 0.6 is 0 Å². The Morgan fingerprint density at radius 3 is 2.52 bits per heavy atom. The SMILES string of the molecule is CCCC(C)C(C#CC(C)=CO[SiH](C)C)C1CCCCC1. The molecule has 2 atom stereocenters. The van der Waals surface area contributed by atoms with E-state index in [1.807, 2.05) is 6.26 Å². The molecular weight excluding hydrogens is 272 g/mol.